The molecule has 0 fully saturated rings. The zero-order valence-electron chi connectivity index (χ0n) is 13.4. The van der Waals surface area contributed by atoms with Crippen LogP contribution in [0, 0.1) is 17.0 Å². The molecule has 0 bridgehead atoms. The van der Waals surface area contributed by atoms with E-state index >= 15 is 0 Å². The van der Waals surface area contributed by atoms with Gasteiger partial charge in [-0.2, -0.15) is 0 Å². The van der Waals surface area contributed by atoms with Crippen molar-refractivity contribution in [3.63, 3.8) is 0 Å². The van der Waals surface area contributed by atoms with Gasteiger partial charge in [-0.1, -0.05) is 5.16 Å². The molecule has 1 heterocycles. The Kier molecular flexibility index (Phi) is 5.35. The van der Waals surface area contributed by atoms with Crippen molar-refractivity contribution in [3.05, 3.63) is 45.3 Å². The normalized spacial score (nSPS) is 10.3. The van der Waals surface area contributed by atoms with Gasteiger partial charge in [-0.05, 0) is 13.8 Å². The average molecular weight is 336 g/mol. The van der Waals surface area contributed by atoms with E-state index in [-0.39, 0.29) is 23.7 Å². The van der Waals surface area contributed by atoms with Crippen LogP contribution >= 0.6 is 0 Å². The summed E-state index contributed by atoms with van der Waals surface area (Å²) in [4.78, 5) is 22.8. The SMILES string of the molecule is CCOc1cc([N+](=O)[O-])c(C(=O)OCc2cc(C)no2)cc1OC. The number of carbonyl (C=O) groups excluding carboxylic acids is 1. The van der Waals surface area contributed by atoms with E-state index in [0.29, 0.717) is 18.1 Å². The zero-order valence-corrected chi connectivity index (χ0v) is 13.4. The molecule has 0 radical (unpaired) electrons. The van der Waals surface area contributed by atoms with Gasteiger partial charge in [0.15, 0.2) is 23.9 Å². The van der Waals surface area contributed by atoms with Crippen LogP contribution in [0.25, 0.3) is 0 Å². The number of benzene rings is 1. The lowest BCUT2D eigenvalue weighted by atomic mass is 10.1. The average Bonchev–Trinajstić information content (AvgIpc) is 2.97. The topological polar surface area (TPSA) is 114 Å². The molecule has 24 heavy (non-hydrogen) atoms. The van der Waals surface area contributed by atoms with Gasteiger partial charge in [-0.3, -0.25) is 10.1 Å². The minimum Gasteiger partial charge on any atom is -0.493 e. The van der Waals surface area contributed by atoms with Gasteiger partial charge in [0.1, 0.15) is 5.56 Å². The van der Waals surface area contributed by atoms with Crippen LogP contribution in [0.1, 0.15) is 28.7 Å². The number of carbonyl (C=O) groups is 1. The summed E-state index contributed by atoms with van der Waals surface area (Å²) in [5.74, 6) is -0.169. The van der Waals surface area contributed by atoms with E-state index in [0.717, 1.165) is 6.07 Å². The fraction of sp³-hybridized carbons (Fsp3) is 0.333. The van der Waals surface area contributed by atoms with Crippen molar-refractivity contribution in [2.45, 2.75) is 20.5 Å². The molecule has 0 amide bonds. The third kappa shape index (κ3) is 3.80. The highest BCUT2D eigenvalue weighted by atomic mass is 16.6. The quantitative estimate of drug-likeness (QED) is 0.430. The summed E-state index contributed by atoms with van der Waals surface area (Å²) in [6, 6.07) is 3.95. The van der Waals surface area contributed by atoms with Gasteiger partial charge in [0.25, 0.3) is 5.69 Å². The number of nitro benzene ring substituents is 1. The Morgan fingerprint density at radius 2 is 2.08 bits per heavy atom. The second-order valence-electron chi connectivity index (χ2n) is 4.72. The number of aromatic nitrogens is 1. The van der Waals surface area contributed by atoms with Gasteiger partial charge < -0.3 is 18.7 Å². The maximum Gasteiger partial charge on any atom is 0.345 e. The molecule has 0 unspecified atom stereocenters. The molecule has 0 saturated carbocycles. The Hall–Kier alpha value is -3.10. The van der Waals surface area contributed by atoms with Gasteiger partial charge in [0.05, 0.1) is 30.4 Å². The molecule has 128 valence electrons. The summed E-state index contributed by atoms with van der Waals surface area (Å²) >= 11 is 0. The van der Waals surface area contributed by atoms with Crippen LogP contribution in [0.15, 0.2) is 22.7 Å². The zero-order chi connectivity index (χ0) is 17.7. The van der Waals surface area contributed by atoms with E-state index in [2.05, 4.69) is 5.16 Å². The Labute approximate surface area is 137 Å². The van der Waals surface area contributed by atoms with Crippen molar-refractivity contribution in [2.75, 3.05) is 13.7 Å². The standard InChI is InChI=1S/C15H16N2O7/c1-4-22-14-7-12(17(19)20)11(6-13(14)21-3)15(18)23-8-10-5-9(2)16-24-10/h5-7H,4,8H2,1-3H3. The van der Waals surface area contributed by atoms with Crippen molar-refractivity contribution in [1.29, 1.82) is 0 Å². The Bertz CT molecular complexity index is 754. The summed E-state index contributed by atoms with van der Waals surface area (Å²) in [7, 11) is 1.37. The fourth-order valence-corrected chi connectivity index (χ4v) is 1.99. The van der Waals surface area contributed by atoms with E-state index in [1.165, 1.54) is 13.2 Å². The van der Waals surface area contributed by atoms with Crippen LogP contribution in [0.4, 0.5) is 5.69 Å². The molecule has 1 aromatic carbocycles. The summed E-state index contributed by atoms with van der Waals surface area (Å²) in [6.07, 6.45) is 0. The van der Waals surface area contributed by atoms with E-state index in [9.17, 15) is 14.9 Å². The first kappa shape index (κ1) is 17.3. The van der Waals surface area contributed by atoms with Crippen LogP contribution in [-0.4, -0.2) is 29.8 Å². The number of nitrogens with zero attached hydrogens (tertiary/aromatic N) is 2. The molecule has 2 rings (SSSR count). The van der Waals surface area contributed by atoms with E-state index in [1.54, 1.807) is 19.9 Å². The van der Waals surface area contributed by atoms with Crippen LogP contribution in [0.3, 0.4) is 0 Å². The predicted molar refractivity (Wildman–Crippen MR) is 81.2 cm³/mol. The number of hydrogen-bond acceptors (Lipinski definition) is 8. The molecule has 9 nitrogen and oxygen atoms in total. The van der Waals surface area contributed by atoms with Gasteiger partial charge >= 0.3 is 5.97 Å². The largest absolute Gasteiger partial charge is 0.493 e. The van der Waals surface area contributed by atoms with Gasteiger partial charge in [0, 0.05) is 12.1 Å². The first-order valence-electron chi connectivity index (χ1n) is 7.04. The minimum atomic E-state index is -0.878. The molecule has 0 spiro atoms. The van der Waals surface area contributed by atoms with Gasteiger partial charge in [-0.25, -0.2) is 4.79 Å². The van der Waals surface area contributed by atoms with Crippen molar-refractivity contribution >= 4 is 11.7 Å². The maximum absolute atomic E-state index is 12.2. The molecular weight excluding hydrogens is 320 g/mol. The third-order valence-corrected chi connectivity index (χ3v) is 3.02. The number of ether oxygens (including phenoxy) is 3. The molecule has 0 atom stereocenters. The molecular formula is C15H16N2O7. The smallest absolute Gasteiger partial charge is 0.345 e. The van der Waals surface area contributed by atoms with E-state index in [4.69, 9.17) is 18.7 Å². The molecule has 0 aliphatic carbocycles. The van der Waals surface area contributed by atoms with Crippen LogP contribution in [0.2, 0.25) is 0 Å². The van der Waals surface area contributed by atoms with Crippen LogP contribution in [0.5, 0.6) is 11.5 Å². The lowest BCUT2D eigenvalue weighted by Gasteiger charge is -2.11. The second kappa shape index (κ2) is 7.44. The monoisotopic (exact) mass is 336 g/mol. The van der Waals surface area contributed by atoms with Gasteiger partial charge in [0.2, 0.25) is 0 Å². The summed E-state index contributed by atoms with van der Waals surface area (Å²) in [6.45, 7) is 3.55. The number of methoxy groups -OCH3 is 1. The number of aryl methyl sites for hydroxylation is 1. The summed E-state index contributed by atoms with van der Waals surface area (Å²) in [5.41, 5.74) is -0.0377. The molecule has 1 aromatic heterocycles. The Morgan fingerprint density at radius 1 is 1.33 bits per heavy atom. The predicted octanol–water partition coefficient (Wildman–Crippen LogP) is 2.66. The fourth-order valence-electron chi connectivity index (χ4n) is 1.99. The summed E-state index contributed by atoms with van der Waals surface area (Å²) in [5, 5.41) is 14.9. The molecule has 0 N–H and O–H groups in total. The Morgan fingerprint density at radius 3 is 2.62 bits per heavy atom. The highest BCUT2D eigenvalue weighted by Crippen LogP contribution is 2.35. The lowest BCUT2D eigenvalue weighted by Crippen LogP contribution is -2.09. The van der Waals surface area contributed by atoms with Crippen molar-refractivity contribution in [1.82, 2.24) is 5.16 Å². The number of esters is 1. The van der Waals surface area contributed by atoms with E-state index < -0.39 is 16.6 Å². The van der Waals surface area contributed by atoms with E-state index in [1.807, 2.05) is 0 Å². The third-order valence-electron chi connectivity index (χ3n) is 3.02. The summed E-state index contributed by atoms with van der Waals surface area (Å²) < 4.78 is 20.3. The second-order valence-corrected chi connectivity index (χ2v) is 4.72. The highest BCUT2D eigenvalue weighted by molar-refractivity contribution is 5.95. The van der Waals surface area contributed by atoms with Crippen LogP contribution < -0.4 is 9.47 Å². The Balaban J connectivity index is 2.29. The first-order valence-corrected chi connectivity index (χ1v) is 7.04. The highest BCUT2D eigenvalue weighted by Gasteiger charge is 2.26. The van der Waals surface area contributed by atoms with Crippen LogP contribution in [-0.2, 0) is 11.3 Å². The first-order chi connectivity index (χ1) is 11.5. The molecule has 0 aliphatic rings. The number of nitro groups is 1. The van der Waals surface area contributed by atoms with Crippen molar-refractivity contribution in [3.8, 4) is 11.5 Å². The molecule has 0 saturated heterocycles. The lowest BCUT2D eigenvalue weighted by molar-refractivity contribution is -0.385. The van der Waals surface area contributed by atoms with Crippen molar-refractivity contribution < 1.29 is 28.5 Å². The maximum atomic E-state index is 12.2. The molecule has 0 aliphatic heterocycles. The number of rotatable bonds is 7. The van der Waals surface area contributed by atoms with Gasteiger partial charge in [-0.15, -0.1) is 0 Å². The molecule has 2 aromatic rings. The molecule has 9 heteroatoms. The van der Waals surface area contributed by atoms with Crippen molar-refractivity contribution in [2.24, 2.45) is 0 Å². The minimum absolute atomic E-state index is 0.175. The number of hydrogen-bond donors (Lipinski definition) is 0.